The fourth-order valence-corrected chi connectivity index (χ4v) is 5.50. The van der Waals surface area contributed by atoms with Crippen LogP contribution in [-0.4, -0.2) is 46.0 Å². The van der Waals surface area contributed by atoms with Gasteiger partial charge in [0.15, 0.2) is 6.61 Å². The SMILES string of the molecule is Cc1c(C(=O)OCC(=O)N2C[C@H](C)C[C@@H](C)C2)sc2nc3n(c(=O)c12)CCC3. The van der Waals surface area contributed by atoms with Crippen molar-refractivity contribution in [2.45, 2.75) is 46.6 Å². The molecule has 0 radical (unpaired) electrons. The third kappa shape index (κ3) is 3.34. The summed E-state index contributed by atoms with van der Waals surface area (Å²) in [5, 5.41) is 0.493. The number of carbonyl (C=O) groups is 2. The van der Waals surface area contributed by atoms with Crippen molar-refractivity contribution in [2.24, 2.45) is 11.8 Å². The summed E-state index contributed by atoms with van der Waals surface area (Å²) < 4.78 is 7.00. The first-order valence-electron chi connectivity index (χ1n) is 9.82. The van der Waals surface area contributed by atoms with Crippen molar-refractivity contribution in [1.82, 2.24) is 14.5 Å². The van der Waals surface area contributed by atoms with Crippen molar-refractivity contribution in [3.63, 3.8) is 0 Å². The third-order valence-electron chi connectivity index (χ3n) is 5.65. The zero-order chi connectivity index (χ0) is 20.0. The molecule has 2 aliphatic heterocycles. The molecule has 1 amide bonds. The fourth-order valence-electron chi connectivity index (χ4n) is 4.42. The monoisotopic (exact) mass is 403 g/mol. The van der Waals surface area contributed by atoms with E-state index < -0.39 is 5.97 Å². The molecule has 7 nitrogen and oxygen atoms in total. The van der Waals surface area contributed by atoms with Crippen LogP contribution in [0.3, 0.4) is 0 Å². The van der Waals surface area contributed by atoms with Crippen LogP contribution in [0.25, 0.3) is 10.2 Å². The van der Waals surface area contributed by atoms with Crippen LogP contribution in [0.2, 0.25) is 0 Å². The predicted molar refractivity (Wildman–Crippen MR) is 107 cm³/mol. The number of piperidine rings is 1. The second kappa shape index (κ2) is 7.31. The molecule has 0 N–H and O–H groups in total. The minimum Gasteiger partial charge on any atom is -0.451 e. The highest BCUT2D eigenvalue weighted by atomic mass is 32.1. The minimum absolute atomic E-state index is 0.0855. The normalized spacial score (nSPS) is 21.8. The number of nitrogens with zero attached hydrogens (tertiary/aromatic N) is 3. The quantitative estimate of drug-likeness (QED) is 0.735. The standard InChI is InChI=1S/C20H25N3O4S/c1-11-7-12(2)9-22(8-11)15(24)10-27-20(26)17-13(3)16-18(28-17)21-14-5-4-6-23(14)19(16)25/h11-12H,4-10H2,1-3H3/t11-,12-/m1/s1. The van der Waals surface area contributed by atoms with Gasteiger partial charge in [-0.3, -0.25) is 14.2 Å². The van der Waals surface area contributed by atoms with Crippen LogP contribution >= 0.6 is 11.3 Å². The van der Waals surface area contributed by atoms with E-state index in [9.17, 15) is 14.4 Å². The smallest absolute Gasteiger partial charge is 0.349 e. The molecule has 1 fully saturated rings. The number of thiophene rings is 1. The summed E-state index contributed by atoms with van der Waals surface area (Å²) >= 11 is 1.18. The van der Waals surface area contributed by atoms with Crippen molar-refractivity contribution in [3.8, 4) is 0 Å². The Kier molecular flexibility index (Phi) is 4.99. The van der Waals surface area contributed by atoms with E-state index in [0.717, 1.165) is 25.1 Å². The molecule has 8 heteroatoms. The second-order valence-electron chi connectivity index (χ2n) is 8.15. The Morgan fingerprint density at radius 1 is 1.25 bits per heavy atom. The molecule has 1 saturated heterocycles. The maximum atomic E-state index is 12.7. The molecule has 0 unspecified atom stereocenters. The van der Waals surface area contributed by atoms with Crippen molar-refractivity contribution >= 4 is 33.4 Å². The number of aromatic nitrogens is 2. The Labute approximate surface area is 167 Å². The Morgan fingerprint density at radius 3 is 2.68 bits per heavy atom. The van der Waals surface area contributed by atoms with Crippen molar-refractivity contribution in [1.29, 1.82) is 0 Å². The van der Waals surface area contributed by atoms with Crippen LogP contribution in [0.1, 0.15) is 47.7 Å². The summed E-state index contributed by atoms with van der Waals surface area (Å²) in [6.45, 7) is 7.82. The Morgan fingerprint density at radius 2 is 1.96 bits per heavy atom. The summed E-state index contributed by atoms with van der Waals surface area (Å²) in [5.74, 6) is 0.963. The lowest BCUT2D eigenvalue weighted by Crippen LogP contribution is -2.44. The summed E-state index contributed by atoms with van der Waals surface area (Å²) in [7, 11) is 0. The molecule has 0 aromatic carbocycles. The van der Waals surface area contributed by atoms with E-state index in [1.807, 2.05) is 0 Å². The molecule has 0 bridgehead atoms. The Bertz CT molecular complexity index is 999. The average Bonchev–Trinajstić information content (AvgIpc) is 3.24. The number of ether oxygens (including phenoxy) is 1. The number of likely N-dealkylation sites (tertiary alicyclic amines) is 1. The van der Waals surface area contributed by atoms with Gasteiger partial charge in [-0.25, -0.2) is 9.78 Å². The molecule has 0 aliphatic carbocycles. The van der Waals surface area contributed by atoms with E-state index in [4.69, 9.17) is 4.74 Å². The van der Waals surface area contributed by atoms with E-state index in [0.29, 0.717) is 52.1 Å². The molecule has 28 heavy (non-hydrogen) atoms. The number of aryl methyl sites for hydroxylation is 2. The van der Waals surface area contributed by atoms with Crippen LogP contribution in [-0.2, 0) is 22.5 Å². The van der Waals surface area contributed by atoms with Gasteiger partial charge in [-0.15, -0.1) is 11.3 Å². The highest BCUT2D eigenvalue weighted by Gasteiger charge is 2.27. The first-order valence-corrected chi connectivity index (χ1v) is 10.6. The minimum atomic E-state index is -0.559. The van der Waals surface area contributed by atoms with Gasteiger partial charge >= 0.3 is 5.97 Å². The van der Waals surface area contributed by atoms with Crippen LogP contribution < -0.4 is 5.56 Å². The van der Waals surface area contributed by atoms with Gasteiger partial charge in [-0.1, -0.05) is 13.8 Å². The van der Waals surface area contributed by atoms with Gasteiger partial charge in [-0.05, 0) is 37.2 Å². The number of hydrogen-bond donors (Lipinski definition) is 0. The van der Waals surface area contributed by atoms with Crippen molar-refractivity contribution in [3.05, 3.63) is 26.6 Å². The molecular weight excluding hydrogens is 378 g/mol. The Hall–Kier alpha value is -2.22. The lowest BCUT2D eigenvalue weighted by Gasteiger charge is -2.34. The number of fused-ring (bicyclic) bond motifs is 2. The van der Waals surface area contributed by atoms with Crippen molar-refractivity contribution < 1.29 is 14.3 Å². The zero-order valence-corrected chi connectivity index (χ0v) is 17.3. The van der Waals surface area contributed by atoms with Gasteiger partial charge in [0, 0.05) is 26.1 Å². The summed E-state index contributed by atoms with van der Waals surface area (Å²) in [6, 6.07) is 0. The van der Waals surface area contributed by atoms with E-state index in [-0.39, 0.29) is 18.1 Å². The molecule has 4 rings (SSSR count). The molecule has 2 aromatic rings. The predicted octanol–water partition coefficient (Wildman–Crippen LogP) is 2.37. The molecule has 2 atom stereocenters. The van der Waals surface area contributed by atoms with Crippen LogP contribution in [0.4, 0.5) is 0 Å². The first-order chi connectivity index (χ1) is 13.3. The van der Waals surface area contributed by atoms with Gasteiger partial charge in [0.2, 0.25) is 0 Å². The van der Waals surface area contributed by atoms with E-state index >= 15 is 0 Å². The average molecular weight is 404 g/mol. The molecule has 150 valence electrons. The fraction of sp³-hybridized carbons (Fsp3) is 0.600. The van der Waals surface area contributed by atoms with E-state index in [2.05, 4.69) is 18.8 Å². The van der Waals surface area contributed by atoms with E-state index in [1.54, 1.807) is 16.4 Å². The van der Waals surface area contributed by atoms with E-state index in [1.165, 1.54) is 11.3 Å². The maximum Gasteiger partial charge on any atom is 0.349 e. The lowest BCUT2D eigenvalue weighted by atomic mass is 9.92. The summed E-state index contributed by atoms with van der Waals surface area (Å²) in [5.41, 5.74) is 0.509. The van der Waals surface area contributed by atoms with Gasteiger partial charge in [0.05, 0.1) is 5.39 Å². The third-order valence-corrected chi connectivity index (χ3v) is 6.81. The summed E-state index contributed by atoms with van der Waals surface area (Å²) in [4.78, 5) is 45.1. The Balaban J connectivity index is 1.50. The van der Waals surface area contributed by atoms with Gasteiger partial charge < -0.3 is 9.64 Å². The molecule has 0 spiro atoms. The highest BCUT2D eigenvalue weighted by Crippen LogP contribution is 2.29. The summed E-state index contributed by atoms with van der Waals surface area (Å²) in [6.07, 6.45) is 2.81. The molecule has 4 heterocycles. The number of amides is 1. The molecule has 0 saturated carbocycles. The van der Waals surface area contributed by atoms with Gasteiger partial charge in [0.1, 0.15) is 15.5 Å². The van der Waals surface area contributed by atoms with Crippen molar-refractivity contribution in [2.75, 3.05) is 19.7 Å². The van der Waals surface area contributed by atoms with Crippen LogP contribution in [0.15, 0.2) is 4.79 Å². The number of hydrogen-bond acceptors (Lipinski definition) is 6. The van der Waals surface area contributed by atoms with Gasteiger partial charge in [-0.2, -0.15) is 0 Å². The lowest BCUT2D eigenvalue weighted by molar-refractivity contribution is -0.137. The van der Waals surface area contributed by atoms with Gasteiger partial charge in [0.25, 0.3) is 11.5 Å². The van der Waals surface area contributed by atoms with Crippen LogP contribution in [0, 0.1) is 18.8 Å². The molecular formula is C20H25N3O4S. The second-order valence-corrected chi connectivity index (χ2v) is 9.14. The molecule has 2 aromatic heterocycles. The number of esters is 1. The largest absolute Gasteiger partial charge is 0.451 e. The highest BCUT2D eigenvalue weighted by molar-refractivity contribution is 7.20. The first kappa shape index (κ1) is 19.1. The maximum absolute atomic E-state index is 12.7. The van der Waals surface area contributed by atoms with Crippen LogP contribution in [0.5, 0.6) is 0 Å². The zero-order valence-electron chi connectivity index (χ0n) is 16.5. The number of carbonyl (C=O) groups excluding carboxylic acids is 2. The topological polar surface area (TPSA) is 81.5 Å². The number of rotatable bonds is 3. The molecule has 2 aliphatic rings.